The lowest BCUT2D eigenvalue weighted by Crippen LogP contribution is -2.29. The molecule has 0 unspecified atom stereocenters. The Morgan fingerprint density at radius 1 is 1.19 bits per heavy atom. The number of benzene rings is 1. The smallest absolute Gasteiger partial charge is 0.264 e. The first kappa shape index (κ1) is 17.8. The second-order valence-corrected chi connectivity index (χ2v) is 6.34. The highest BCUT2D eigenvalue weighted by Gasteiger charge is 2.14. The number of rotatable bonds is 6. The highest BCUT2D eigenvalue weighted by Crippen LogP contribution is 2.15. The standard InChI is InChI=1S/C19H23N5O2/c1-4-10-20-17(25)9-11-23-14(3)22-18-16(19(23)26)12-21-24(18)15-7-5-13(2)6-8-15/h5-8,12H,4,9-11H2,1-3H3,(H,20,25). The van der Waals surface area contributed by atoms with Crippen molar-refractivity contribution in [3.8, 4) is 5.69 Å². The van der Waals surface area contributed by atoms with E-state index in [1.54, 1.807) is 11.6 Å². The molecule has 136 valence electrons. The van der Waals surface area contributed by atoms with E-state index in [0.717, 1.165) is 17.7 Å². The van der Waals surface area contributed by atoms with Crippen molar-refractivity contribution in [1.82, 2.24) is 24.6 Å². The zero-order valence-corrected chi connectivity index (χ0v) is 15.3. The molecular weight excluding hydrogens is 330 g/mol. The molecule has 0 saturated carbocycles. The molecule has 0 atom stereocenters. The Labute approximate surface area is 151 Å². The van der Waals surface area contributed by atoms with Crippen molar-refractivity contribution in [1.29, 1.82) is 0 Å². The zero-order chi connectivity index (χ0) is 18.7. The van der Waals surface area contributed by atoms with Crippen LogP contribution in [0.5, 0.6) is 0 Å². The Hall–Kier alpha value is -2.96. The fourth-order valence-corrected chi connectivity index (χ4v) is 2.81. The quantitative estimate of drug-likeness (QED) is 0.736. The van der Waals surface area contributed by atoms with Crippen molar-refractivity contribution in [2.75, 3.05) is 6.54 Å². The summed E-state index contributed by atoms with van der Waals surface area (Å²) in [7, 11) is 0. The highest BCUT2D eigenvalue weighted by molar-refractivity contribution is 5.76. The van der Waals surface area contributed by atoms with Crippen LogP contribution in [0.1, 0.15) is 31.2 Å². The summed E-state index contributed by atoms with van der Waals surface area (Å²) in [6, 6.07) is 7.88. The topological polar surface area (TPSA) is 81.8 Å². The number of nitrogens with one attached hydrogen (secondary N) is 1. The van der Waals surface area contributed by atoms with Gasteiger partial charge in [0.1, 0.15) is 11.2 Å². The van der Waals surface area contributed by atoms with E-state index in [9.17, 15) is 9.59 Å². The summed E-state index contributed by atoms with van der Waals surface area (Å²) in [6.07, 6.45) is 2.67. The molecule has 0 aliphatic rings. The lowest BCUT2D eigenvalue weighted by Gasteiger charge is -2.10. The van der Waals surface area contributed by atoms with Crippen molar-refractivity contribution in [3.05, 3.63) is 52.2 Å². The van der Waals surface area contributed by atoms with Gasteiger partial charge in [-0.3, -0.25) is 14.2 Å². The van der Waals surface area contributed by atoms with E-state index in [1.807, 2.05) is 38.1 Å². The van der Waals surface area contributed by atoms with Crippen LogP contribution in [0.2, 0.25) is 0 Å². The van der Waals surface area contributed by atoms with E-state index < -0.39 is 0 Å². The molecule has 0 bridgehead atoms. The van der Waals surface area contributed by atoms with Crippen LogP contribution >= 0.6 is 0 Å². The molecule has 1 N–H and O–H groups in total. The van der Waals surface area contributed by atoms with Gasteiger partial charge in [0.15, 0.2) is 5.65 Å². The molecule has 26 heavy (non-hydrogen) atoms. The van der Waals surface area contributed by atoms with Crippen molar-refractivity contribution in [2.24, 2.45) is 0 Å². The molecule has 0 radical (unpaired) electrons. The van der Waals surface area contributed by atoms with Crippen molar-refractivity contribution >= 4 is 16.9 Å². The minimum atomic E-state index is -0.172. The minimum absolute atomic E-state index is 0.0615. The third kappa shape index (κ3) is 3.51. The Morgan fingerprint density at radius 2 is 1.92 bits per heavy atom. The molecule has 0 spiro atoms. The van der Waals surface area contributed by atoms with Gasteiger partial charge in [-0.2, -0.15) is 5.10 Å². The van der Waals surface area contributed by atoms with Crippen molar-refractivity contribution in [2.45, 2.75) is 40.2 Å². The Morgan fingerprint density at radius 3 is 2.62 bits per heavy atom. The van der Waals surface area contributed by atoms with Crippen LogP contribution in [0.15, 0.2) is 35.3 Å². The predicted octanol–water partition coefficient (Wildman–Crippen LogP) is 2.12. The highest BCUT2D eigenvalue weighted by atomic mass is 16.1. The summed E-state index contributed by atoms with van der Waals surface area (Å²) in [4.78, 5) is 29.2. The van der Waals surface area contributed by atoms with Crippen LogP contribution in [-0.2, 0) is 11.3 Å². The van der Waals surface area contributed by atoms with E-state index in [4.69, 9.17) is 0 Å². The van der Waals surface area contributed by atoms with Gasteiger partial charge in [0.2, 0.25) is 5.91 Å². The molecule has 2 heterocycles. The average Bonchev–Trinajstić information content (AvgIpc) is 3.04. The van der Waals surface area contributed by atoms with Gasteiger partial charge in [-0.15, -0.1) is 0 Å². The van der Waals surface area contributed by atoms with Gasteiger partial charge in [-0.05, 0) is 32.4 Å². The maximum Gasteiger partial charge on any atom is 0.264 e. The number of aryl methyl sites for hydroxylation is 2. The molecule has 3 rings (SSSR count). The monoisotopic (exact) mass is 353 g/mol. The van der Waals surface area contributed by atoms with Crippen LogP contribution in [-0.4, -0.2) is 31.8 Å². The molecule has 0 aliphatic heterocycles. The zero-order valence-electron chi connectivity index (χ0n) is 15.3. The Balaban J connectivity index is 1.93. The minimum Gasteiger partial charge on any atom is -0.356 e. The number of carbonyl (C=O) groups excluding carboxylic acids is 1. The van der Waals surface area contributed by atoms with Crippen molar-refractivity contribution in [3.63, 3.8) is 0 Å². The largest absolute Gasteiger partial charge is 0.356 e. The van der Waals surface area contributed by atoms with Gasteiger partial charge >= 0.3 is 0 Å². The first-order valence-electron chi connectivity index (χ1n) is 8.80. The number of aromatic nitrogens is 4. The van der Waals surface area contributed by atoms with Crippen LogP contribution in [0.4, 0.5) is 0 Å². The summed E-state index contributed by atoms with van der Waals surface area (Å²) in [6.45, 7) is 6.74. The number of hydrogen-bond donors (Lipinski definition) is 1. The summed E-state index contributed by atoms with van der Waals surface area (Å²) >= 11 is 0. The molecule has 0 aliphatic carbocycles. The predicted molar refractivity (Wildman–Crippen MR) is 101 cm³/mol. The number of nitrogens with zero attached hydrogens (tertiary/aromatic N) is 4. The molecule has 2 aromatic heterocycles. The summed E-state index contributed by atoms with van der Waals surface area (Å²) in [5.74, 6) is 0.508. The Bertz CT molecular complexity index is 986. The lowest BCUT2D eigenvalue weighted by molar-refractivity contribution is -0.121. The molecule has 0 saturated heterocycles. The first-order chi connectivity index (χ1) is 12.5. The fourth-order valence-electron chi connectivity index (χ4n) is 2.81. The number of fused-ring (bicyclic) bond motifs is 1. The van der Waals surface area contributed by atoms with Crippen LogP contribution in [0.3, 0.4) is 0 Å². The molecule has 1 amide bonds. The second kappa shape index (κ2) is 7.51. The lowest BCUT2D eigenvalue weighted by atomic mass is 10.2. The van der Waals surface area contributed by atoms with Gasteiger partial charge in [0.25, 0.3) is 5.56 Å². The molecule has 7 heteroatoms. The van der Waals surface area contributed by atoms with Crippen LogP contribution < -0.4 is 10.9 Å². The van der Waals surface area contributed by atoms with Gasteiger partial charge in [-0.25, -0.2) is 9.67 Å². The normalized spacial score (nSPS) is 11.0. The maximum absolute atomic E-state index is 12.8. The summed E-state index contributed by atoms with van der Waals surface area (Å²) in [5, 5.41) is 7.60. The molecule has 3 aromatic rings. The number of amides is 1. The van der Waals surface area contributed by atoms with E-state index >= 15 is 0 Å². The average molecular weight is 353 g/mol. The number of carbonyl (C=O) groups is 1. The molecular formula is C19H23N5O2. The van der Waals surface area contributed by atoms with Gasteiger partial charge in [0, 0.05) is 19.5 Å². The van der Waals surface area contributed by atoms with Crippen molar-refractivity contribution < 1.29 is 4.79 Å². The third-order valence-corrected chi connectivity index (χ3v) is 4.29. The SMILES string of the molecule is CCCNC(=O)CCn1c(C)nc2c(cnn2-c2ccc(C)cc2)c1=O. The van der Waals surface area contributed by atoms with Gasteiger partial charge < -0.3 is 5.32 Å². The van der Waals surface area contributed by atoms with E-state index in [1.165, 1.54) is 10.8 Å². The van der Waals surface area contributed by atoms with Gasteiger partial charge in [-0.1, -0.05) is 24.6 Å². The first-order valence-corrected chi connectivity index (χ1v) is 8.80. The second-order valence-electron chi connectivity index (χ2n) is 6.34. The molecule has 0 fully saturated rings. The van der Waals surface area contributed by atoms with E-state index in [2.05, 4.69) is 15.4 Å². The van der Waals surface area contributed by atoms with Crippen LogP contribution in [0.25, 0.3) is 16.7 Å². The summed E-state index contributed by atoms with van der Waals surface area (Å²) < 4.78 is 3.20. The fraction of sp³-hybridized carbons (Fsp3) is 0.368. The maximum atomic E-state index is 12.8. The Kier molecular flexibility index (Phi) is 5.16. The molecule has 1 aromatic carbocycles. The number of hydrogen-bond acceptors (Lipinski definition) is 4. The third-order valence-electron chi connectivity index (χ3n) is 4.29. The molecule has 7 nitrogen and oxygen atoms in total. The van der Waals surface area contributed by atoms with Crippen LogP contribution in [0, 0.1) is 13.8 Å². The van der Waals surface area contributed by atoms with E-state index in [-0.39, 0.29) is 17.9 Å². The van der Waals surface area contributed by atoms with Gasteiger partial charge in [0.05, 0.1) is 11.9 Å². The summed E-state index contributed by atoms with van der Waals surface area (Å²) in [5.41, 5.74) is 2.36. The van der Waals surface area contributed by atoms with E-state index in [0.29, 0.717) is 29.9 Å².